The molecule has 0 spiro atoms. The second kappa shape index (κ2) is 7.63. The van der Waals surface area contributed by atoms with Gasteiger partial charge < -0.3 is 5.73 Å². The molecule has 1 aromatic carbocycles. The Hall–Kier alpha value is -0.560. The third-order valence-corrected chi connectivity index (χ3v) is 7.29. The number of benzene rings is 1. The molecule has 21 heavy (non-hydrogen) atoms. The fourth-order valence-electron chi connectivity index (χ4n) is 2.57. The van der Waals surface area contributed by atoms with Crippen LogP contribution < -0.4 is 5.73 Å². The zero-order valence-electron chi connectivity index (χ0n) is 12.4. The van der Waals surface area contributed by atoms with Crippen molar-refractivity contribution in [2.45, 2.75) is 24.8 Å². The van der Waals surface area contributed by atoms with E-state index in [4.69, 9.17) is 5.73 Å². The van der Waals surface area contributed by atoms with Crippen LogP contribution in [0.25, 0.3) is 0 Å². The summed E-state index contributed by atoms with van der Waals surface area (Å²) in [5.41, 5.74) is 7.33. The molecule has 1 fully saturated rings. The molecule has 2 atom stereocenters. The predicted octanol–water partition coefficient (Wildman–Crippen LogP) is 1.89. The van der Waals surface area contributed by atoms with E-state index in [-0.39, 0.29) is 17.2 Å². The molecule has 1 aliphatic heterocycles. The highest BCUT2D eigenvalue weighted by atomic mass is 32.2. The summed E-state index contributed by atoms with van der Waals surface area (Å²) in [4.78, 5) is 2.10. The van der Waals surface area contributed by atoms with Gasteiger partial charge in [-0.05, 0) is 12.0 Å². The van der Waals surface area contributed by atoms with Gasteiger partial charge in [0, 0.05) is 36.4 Å². The normalized spacial score (nSPS) is 22.1. The van der Waals surface area contributed by atoms with Crippen LogP contribution in [0.15, 0.2) is 30.3 Å². The lowest BCUT2D eigenvalue weighted by Crippen LogP contribution is -2.48. The Morgan fingerprint density at radius 1 is 1.38 bits per heavy atom. The van der Waals surface area contributed by atoms with Crippen molar-refractivity contribution in [2.24, 2.45) is 5.73 Å². The monoisotopic (exact) mass is 328 g/mol. The number of rotatable bonds is 6. The smallest absolute Gasteiger partial charge is 0.166 e. The molecule has 2 N–H and O–H groups in total. The molecule has 2 unspecified atom stereocenters. The molecule has 1 aliphatic rings. The molecule has 4 nitrogen and oxygen atoms in total. The van der Waals surface area contributed by atoms with Crippen LogP contribution in [0.3, 0.4) is 0 Å². The van der Waals surface area contributed by atoms with Gasteiger partial charge in [0.15, 0.2) is 9.84 Å². The predicted molar refractivity (Wildman–Crippen MR) is 90.1 cm³/mol. The molecule has 1 aromatic rings. The Balaban J connectivity index is 1.97. The molecular weight excluding hydrogens is 304 g/mol. The van der Waals surface area contributed by atoms with Crippen LogP contribution in [0.1, 0.15) is 24.9 Å². The molecule has 0 amide bonds. The molecule has 1 saturated heterocycles. The quantitative estimate of drug-likeness (QED) is 0.864. The van der Waals surface area contributed by atoms with E-state index in [1.54, 1.807) is 18.7 Å². The molecule has 6 heteroatoms. The van der Waals surface area contributed by atoms with Gasteiger partial charge in [0.1, 0.15) is 5.37 Å². The van der Waals surface area contributed by atoms with Gasteiger partial charge in [0.25, 0.3) is 0 Å². The highest BCUT2D eigenvalue weighted by Gasteiger charge is 2.32. The van der Waals surface area contributed by atoms with Gasteiger partial charge in [-0.15, -0.1) is 0 Å². The molecule has 0 radical (unpaired) electrons. The van der Waals surface area contributed by atoms with Crippen molar-refractivity contribution in [3.63, 3.8) is 0 Å². The van der Waals surface area contributed by atoms with Crippen molar-refractivity contribution in [1.29, 1.82) is 0 Å². The van der Waals surface area contributed by atoms with Gasteiger partial charge in [-0.2, -0.15) is 11.8 Å². The average Bonchev–Trinajstić information content (AvgIpc) is 2.53. The van der Waals surface area contributed by atoms with Crippen molar-refractivity contribution in [3.05, 3.63) is 35.9 Å². The molecule has 1 heterocycles. The average molecular weight is 329 g/mol. The van der Waals surface area contributed by atoms with Crippen molar-refractivity contribution in [1.82, 2.24) is 4.90 Å². The summed E-state index contributed by atoms with van der Waals surface area (Å²) in [5.74, 6) is 1.88. The maximum atomic E-state index is 12.2. The summed E-state index contributed by atoms with van der Waals surface area (Å²) in [6.07, 6.45) is 0.782. The van der Waals surface area contributed by atoms with E-state index in [0.717, 1.165) is 30.8 Å². The lowest BCUT2D eigenvalue weighted by Gasteiger charge is -2.35. The van der Waals surface area contributed by atoms with E-state index >= 15 is 0 Å². The minimum atomic E-state index is -3.02. The van der Waals surface area contributed by atoms with E-state index in [9.17, 15) is 8.42 Å². The number of hydrogen-bond donors (Lipinski definition) is 1. The maximum absolute atomic E-state index is 12.2. The van der Waals surface area contributed by atoms with Gasteiger partial charge in [0.05, 0.1) is 0 Å². The Morgan fingerprint density at radius 2 is 2.10 bits per heavy atom. The second-order valence-electron chi connectivity index (χ2n) is 5.32. The maximum Gasteiger partial charge on any atom is 0.166 e. The zero-order valence-corrected chi connectivity index (χ0v) is 14.1. The lowest BCUT2D eigenvalue weighted by atomic mass is 10.0. The third-order valence-electron chi connectivity index (χ3n) is 3.96. The van der Waals surface area contributed by atoms with Crippen LogP contribution in [0.4, 0.5) is 0 Å². The summed E-state index contributed by atoms with van der Waals surface area (Å²) in [7, 11) is -3.02. The summed E-state index contributed by atoms with van der Waals surface area (Å²) in [6, 6.07) is 9.95. The fourth-order valence-corrected chi connectivity index (χ4v) is 5.68. The molecule has 0 aromatic heterocycles. The van der Waals surface area contributed by atoms with Crippen molar-refractivity contribution >= 4 is 21.6 Å². The Labute approximate surface area is 132 Å². The summed E-state index contributed by atoms with van der Waals surface area (Å²) in [6.45, 7) is 3.29. The Morgan fingerprint density at radius 3 is 2.76 bits per heavy atom. The molecular formula is C15H24N2O2S2. The molecule has 0 saturated carbocycles. The number of hydrogen-bond acceptors (Lipinski definition) is 5. The zero-order chi connectivity index (χ0) is 15.3. The van der Waals surface area contributed by atoms with E-state index in [1.807, 2.05) is 30.3 Å². The van der Waals surface area contributed by atoms with Crippen LogP contribution in [0, 0.1) is 0 Å². The van der Waals surface area contributed by atoms with Gasteiger partial charge in [-0.3, -0.25) is 4.90 Å². The first-order valence-electron chi connectivity index (χ1n) is 7.38. The highest BCUT2D eigenvalue weighted by Crippen LogP contribution is 2.23. The third kappa shape index (κ3) is 4.45. The minimum Gasteiger partial charge on any atom is -0.324 e. The van der Waals surface area contributed by atoms with E-state index in [0.29, 0.717) is 5.75 Å². The van der Waals surface area contributed by atoms with E-state index in [1.165, 1.54) is 0 Å². The van der Waals surface area contributed by atoms with Gasteiger partial charge in [-0.25, -0.2) is 8.42 Å². The number of nitrogens with zero attached hydrogens (tertiary/aromatic N) is 1. The standard InChI is InChI=1S/C15H24N2O2S2/c1-2-21(18,19)15-12-20-11-10-17(15)9-8-14(16)13-6-4-3-5-7-13/h3-7,14-15H,2,8-12,16H2,1H3. The Kier molecular flexibility index (Phi) is 6.10. The minimum absolute atomic E-state index is 0.0363. The van der Waals surface area contributed by atoms with Crippen LogP contribution >= 0.6 is 11.8 Å². The first kappa shape index (κ1) is 16.8. The molecule has 118 valence electrons. The number of sulfone groups is 1. The van der Waals surface area contributed by atoms with Crippen molar-refractivity contribution in [2.75, 3.05) is 30.3 Å². The van der Waals surface area contributed by atoms with Crippen LogP contribution in [0.2, 0.25) is 0 Å². The molecule has 2 rings (SSSR count). The highest BCUT2D eigenvalue weighted by molar-refractivity contribution is 8.01. The molecule has 0 aliphatic carbocycles. The number of nitrogens with two attached hydrogens (primary N) is 1. The van der Waals surface area contributed by atoms with Crippen LogP contribution in [-0.2, 0) is 9.84 Å². The van der Waals surface area contributed by atoms with Gasteiger partial charge in [0.2, 0.25) is 0 Å². The second-order valence-corrected chi connectivity index (χ2v) is 8.92. The topological polar surface area (TPSA) is 63.4 Å². The lowest BCUT2D eigenvalue weighted by molar-refractivity contribution is 0.259. The summed E-state index contributed by atoms with van der Waals surface area (Å²) >= 11 is 1.73. The summed E-state index contributed by atoms with van der Waals surface area (Å²) in [5, 5.41) is -0.343. The molecule has 0 bridgehead atoms. The van der Waals surface area contributed by atoms with Crippen LogP contribution in [0.5, 0.6) is 0 Å². The van der Waals surface area contributed by atoms with Crippen molar-refractivity contribution in [3.8, 4) is 0 Å². The SMILES string of the molecule is CCS(=O)(=O)C1CSCCN1CCC(N)c1ccccc1. The Bertz CT molecular complexity index is 534. The van der Waals surface area contributed by atoms with Gasteiger partial charge >= 0.3 is 0 Å². The van der Waals surface area contributed by atoms with Crippen molar-refractivity contribution < 1.29 is 8.42 Å². The first-order valence-corrected chi connectivity index (χ1v) is 10.3. The van der Waals surface area contributed by atoms with E-state index < -0.39 is 9.84 Å². The summed E-state index contributed by atoms with van der Waals surface area (Å²) < 4.78 is 24.4. The number of thioether (sulfide) groups is 1. The van der Waals surface area contributed by atoms with Gasteiger partial charge in [-0.1, -0.05) is 37.3 Å². The first-order chi connectivity index (χ1) is 10.0. The largest absolute Gasteiger partial charge is 0.324 e. The van der Waals surface area contributed by atoms with Crippen LogP contribution in [-0.4, -0.2) is 49.0 Å². The van der Waals surface area contributed by atoms with E-state index in [2.05, 4.69) is 4.90 Å². The fraction of sp³-hybridized carbons (Fsp3) is 0.600.